The van der Waals surface area contributed by atoms with E-state index >= 15 is 0 Å². The van der Waals surface area contributed by atoms with Crippen LogP contribution >= 0.6 is 0 Å². The predicted molar refractivity (Wildman–Crippen MR) is 57.6 cm³/mol. The Balaban J connectivity index is 1.96. The highest BCUT2D eigenvalue weighted by Gasteiger charge is 2.14. The number of nitrogens with zero attached hydrogens (tertiary/aromatic N) is 5. The Hall–Kier alpha value is -2.77. The van der Waals surface area contributed by atoms with Gasteiger partial charge in [0.1, 0.15) is 12.7 Å². The number of amides is 1. The molecule has 0 bridgehead atoms. The molecule has 8 nitrogen and oxygen atoms in total. The Labute approximate surface area is 94.7 Å². The number of rotatable bonds is 2. The van der Waals surface area contributed by atoms with Gasteiger partial charge in [0.15, 0.2) is 5.69 Å². The maximum Gasteiger partial charge on any atom is 0.291 e. The number of fused-ring (bicyclic) bond motifs is 1. The third-order valence-corrected chi connectivity index (χ3v) is 2.23. The minimum atomic E-state index is -0.357. The third kappa shape index (κ3) is 1.61. The first kappa shape index (κ1) is 9.46. The fraction of sp³-hybridized carbons (Fsp3) is 0. The summed E-state index contributed by atoms with van der Waals surface area (Å²) in [5.74, 6) is -0.357. The lowest BCUT2D eigenvalue weighted by Crippen LogP contribution is -2.22. The fourth-order valence-electron chi connectivity index (χ4n) is 1.46. The van der Waals surface area contributed by atoms with Gasteiger partial charge in [-0.1, -0.05) is 0 Å². The summed E-state index contributed by atoms with van der Waals surface area (Å²) < 4.78 is 1.35. The second-order valence-corrected chi connectivity index (χ2v) is 3.30. The number of carbonyl (C=O) groups is 1. The number of pyridine rings is 1. The maximum absolute atomic E-state index is 11.9. The lowest BCUT2D eigenvalue weighted by molar-refractivity contribution is 0.100. The first-order valence-electron chi connectivity index (χ1n) is 4.78. The van der Waals surface area contributed by atoms with Gasteiger partial charge in [0.2, 0.25) is 0 Å². The van der Waals surface area contributed by atoms with Crippen molar-refractivity contribution in [1.82, 2.24) is 30.1 Å². The van der Waals surface area contributed by atoms with Crippen molar-refractivity contribution in [2.75, 3.05) is 5.43 Å². The summed E-state index contributed by atoms with van der Waals surface area (Å²) in [5, 5.41) is 14.5. The largest absolute Gasteiger partial charge is 0.291 e. The molecule has 0 saturated carbocycles. The summed E-state index contributed by atoms with van der Waals surface area (Å²) in [4.78, 5) is 15.8. The smallest absolute Gasteiger partial charge is 0.277 e. The molecule has 0 aromatic carbocycles. The summed E-state index contributed by atoms with van der Waals surface area (Å²) in [7, 11) is 0. The van der Waals surface area contributed by atoms with Gasteiger partial charge in [0, 0.05) is 12.4 Å². The van der Waals surface area contributed by atoms with Crippen molar-refractivity contribution < 1.29 is 4.79 Å². The molecular formula is C9H7N7O. The minimum Gasteiger partial charge on any atom is -0.277 e. The van der Waals surface area contributed by atoms with Crippen molar-refractivity contribution in [2.24, 2.45) is 0 Å². The van der Waals surface area contributed by atoms with E-state index in [-0.39, 0.29) is 11.6 Å². The number of aromatic nitrogens is 6. The van der Waals surface area contributed by atoms with Crippen LogP contribution in [0.15, 0.2) is 31.1 Å². The van der Waals surface area contributed by atoms with E-state index in [1.54, 1.807) is 18.5 Å². The average molecular weight is 229 g/mol. The van der Waals surface area contributed by atoms with Gasteiger partial charge in [-0.2, -0.15) is 5.10 Å². The summed E-state index contributed by atoms with van der Waals surface area (Å²) >= 11 is 0. The van der Waals surface area contributed by atoms with Crippen LogP contribution < -0.4 is 5.43 Å². The van der Waals surface area contributed by atoms with Crippen LogP contribution in [0.3, 0.4) is 0 Å². The van der Waals surface area contributed by atoms with Gasteiger partial charge in [-0.05, 0) is 6.07 Å². The zero-order valence-electron chi connectivity index (χ0n) is 8.53. The van der Waals surface area contributed by atoms with E-state index < -0.39 is 0 Å². The van der Waals surface area contributed by atoms with Gasteiger partial charge in [-0.25, -0.2) is 4.68 Å². The van der Waals surface area contributed by atoms with Gasteiger partial charge in [-0.15, -0.1) is 10.2 Å². The van der Waals surface area contributed by atoms with Crippen molar-refractivity contribution >= 4 is 16.8 Å². The molecule has 0 aliphatic rings. The van der Waals surface area contributed by atoms with Gasteiger partial charge in [0.05, 0.1) is 10.9 Å². The molecule has 0 fully saturated rings. The maximum atomic E-state index is 11.9. The summed E-state index contributed by atoms with van der Waals surface area (Å²) in [5.41, 5.74) is 3.60. The van der Waals surface area contributed by atoms with Crippen LogP contribution in [-0.2, 0) is 0 Å². The molecule has 0 saturated heterocycles. The molecule has 2 N–H and O–H groups in total. The number of carbonyl (C=O) groups excluding carboxylic acids is 1. The highest BCUT2D eigenvalue weighted by atomic mass is 16.2. The van der Waals surface area contributed by atoms with Crippen molar-refractivity contribution in [3.63, 3.8) is 0 Å². The van der Waals surface area contributed by atoms with E-state index in [9.17, 15) is 4.79 Å². The predicted octanol–water partition coefficient (Wildman–Crippen LogP) is -0.0667. The average Bonchev–Trinajstić information content (AvgIpc) is 2.96. The summed E-state index contributed by atoms with van der Waals surface area (Å²) in [6, 6.07) is 1.75. The summed E-state index contributed by atoms with van der Waals surface area (Å²) in [6.07, 6.45) is 5.97. The Morgan fingerprint density at radius 1 is 1.35 bits per heavy atom. The number of hydrogen-bond donors (Lipinski definition) is 2. The first-order valence-corrected chi connectivity index (χ1v) is 4.78. The molecule has 1 amide bonds. The van der Waals surface area contributed by atoms with Crippen LogP contribution in [0.5, 0.6) is 0 Å². The molecule has 3 aromatic rings. The summed E-state index contributed by atoms with van der Waals surface area (Å²) in [6.45, 7) is 0. The quantitative estimate of drug-likeness (QED) is 0.640. The molecule has 8 heteroatoms. The van der Waals surface area contributed by atoms with E-state index in [0.717, 1.165) is 5.52 Å². The van der Waals surface area contributed by atoms with Gasteiger partial charge in [-0.3, -0.25) is 20.3 Å². The van der Waals surface area contributed by atoms with Crippen LogP contribution in [-0.4, -0.2) is 36.0 Å². The molecule has 0 unspecified atom stereocenters. The van der Waals surface area contributed by atoms with Crippen LogP contribution in [0.2, 0.25) is 0 Å². The second-order valence-electron chi connectivity index (χ2n) is 3.30. The van der Waals surface area contributed by atoms with Crippen molar-refractivity contribution in [2.45, 2.75) is 0 Å². The molecule has 0 atom stereocenters. The first-order chi connectivity index (χ1) is 8.34. The zero-order chi connectivity index (χ0) is 11.7. The van der Waals surface area contributed by atoms with Crippen LogP contribution in [0.1, 0.15) is 10.5 Å². The molecule has 0 aliphatic heterocycles. The molecule has 3 aromatic heterocycles. The molecule has 84 valence electrons. The second kappa shape index (κ2) is 3.67. The van der Waals surface area contributed by atoms with E-state index in [4.69, 9.17) is 0 Å². The normalized spacial score (nSPS) is 10.6. The van der Waals surface area contributed by atoms with Crippen LogP contribution in [0.25, 0.3) is 10.9 Å². The molecule has 3 heterocycles. The van der Waals surface area contributed by atoms with E-state index in [0.29, 0.717) is 5.39 Å². The molecule has 0 aliphatic carbocycles. The molecular weight excluding hydrogens is 222 g/mol. The minimum absolute atomic E-state index is 0.279. The Morgan fingerprint density at radius 3 is 3.00 bits per heavy atom. The molecule has 0 spiro atoms. The van der Waals surface area contributed by atoms with Crippen LogP contribution in [0.4, 0.5) is 0 Å². The van der Waals surface area contributed by atoms with Crippen molar-refractivity contribution in [1.29, 1.82) is 0 Å². The zero-order valence-corrected chi connectivity index (χ0v) is 8.53. The Kier molecular flexibility index (Phi) is 2.04. The van der Waals surface area contributed by atoms with Gasteiger partial charge in [0.25, 0.3) is 5.91 Å². The number of aromatic amines is 1. The molecule has 17 heavy (non-hydrogen) atoms. The van der Waals surface area contributed by atoms with Crippen molar-refractivity contribution in [3.05, 3.63) is 36.8 Å². The van der Waals surface area contributed by atoms with Crippen LogP contribution in [0, 0.1) is 0 Å². The van der Waals surface area contributed by atoms with Crippen molar-refractivity contribution in [3.8, 4) is 0 Å². The Bertz CT molecular complexity index is 657. The van der Waals surface area contributed by atoms with Gasteiger partial charge >= 0.3 is 0 Å². The highest BCUT2D eigenvalue weighted by molar-refractivity contribution is 6.08. The lowest BCUT2D eigenvalue weighted by Gasteiger charge is -2.01. The van der Waals surface area contributed by atoms with E-state index in [2.05, 4.69) is 30.8 Å². The number of nitrogens with one attached hydrogen (secondary N) is 2. The van der Waals surface area contributed by atoms with E-state index in [1.165, 1.54) is 17.3 Å². The monoisotopic (exact) mass is 229 g/mol. The highest BCUT2D eigenvalue weighted by Crippen LogP contribution is 2.13. The topological polar surface area (TPSA) is 101 Å². The Morgan fingerprint density at radius 2 is 2.18 bits per heavy atom. The van der Waals surface area contributed by atoms with Gasteiger partial charge < -0.3 is 0 Å². The number of hydrogen-bond acceptors (Lipinski definition) is 5. The van der Waals surface area contributed by atoms with E-state index in [1.807, 2.05) is 0 Å². The molecule has 0 radical (unpaired) electrons. The molecule has 3 rings (SSSR count). The lowest BCUT2D eigenvalue weighted by atomic mass is 10.2. The standard InChI is InChI=1S/C9H7N7O/c17-9(15-16-4-11-12-5-16)8-6-3-10-2-1-7(6)13-14-8/h1-5H,(H,13,14)(H,15,17). The SMILES string of the molecule is O=C(Nn1cnnc1)c1n[nH]c2ccncc12. The number of H-pyrrole nitrogens is 1. The third-order valence-electron chi connectivity index (χ3n) is 2.23. The fourth-order valence-corrected chi connectivity index (χ4v) is 1.46.